The number of halogens is 6. The molecule has 1 heterocycles. The summed E-state index contributed by atoms with van der Waals surface area (Å²) in [7, 11) is 3.29. The van der Waals surface area contributed by atoms with E-state index >= 15 is 0 Å². The molecule has 1 aliphatic heterocycles. The second-order valence-corrected chi connectivity index (χ2v) is 7.96. The number of amides is 1. The van der Waals surface area contributed by atoms with Gasteiger partial charge in [-0.3, -0.25) is 9.69 Å². The average molecular weight is 490 g/mol. The van der Waals surface area contributed by atoms with Crippen molar-refractivity contribution < 1.29 is 35.9 Å². The average Bonchev–Trinajstić information content (AvgIpc) is 2.78. The van der Waals surface area contributed by atoms with E-state index in [-0.39, 0.29) is 6.07 Å². The maximum atomic E-state index is 13.5. The maximum Gasteiger partial charge on any atom is 0.416 e. The second kappa shape index (κ2) is 9.80. The molecule has 34 heavy (non-hydrogen) atoms. The lowest BCUT2D eigenvalue weighted by Crippen LogP contribution is -2.52. The van der Waals surface area contributed by atoms with Crippen molar-refractivity contribution in [2.24, 2.45) is 5.84 Å². The summed E-state index contributed by atoms with van der Waals surface area (Å²) in [5.41, 5.74) is -3.44. The van der Waals surface area contributed by atoms with E-state index in [4.69, 9.17) is 10.6 Å². The number of carbonyl (C=O) groups is 1. The van der Waals surface area contributed by atoms with Gasteiger partial charge in [0.05, 0.1) is 23.9 Å². The molecule has 1 aliphatic rings. The summed E-state index contributed by atoms with van der Waals surface area (Å²) < 4.78 is 85.2. The Kier molecular flexibility index (Phi) is 7.44. The summed E-state index contributed by atoms with van der Waals surface area (Å²) in [6, 6.07) is 6.31. The third-order valence-electron chi connectivity index (χ3n) is 5.66. The van der Waals surface area contributed by atoms with Gasteiger partial charge in [-0.05, 0) is 31.3 Å². The molecule has 2 N–H and O–H groups in total. The van der Waals surface area contributed by atoms with E-state index in [1.165, 1.54) is 7.11 Å². The first-order valence-electron chi connectivity index (χ1n) is 10.3. The van der Waals surface area contributed by atoms with Crippen molar-refractivity contribution >= 4 is 11.6 Å². The molecule has 6 nitrogen and oxygen atoms in total. The van der Waals surface area contributed by atoms with Crippen molar-refractivity contribution in [2.45, 2.75) is 18.4 Å². The molecule has 0 aliphatic carbocycles. The number of piperazine rings is 1. The van der Waals surface area contributed by atoms with Crippen LogP contribution in [0.4, 0.5) is 32.0 Å². The van der Waals surface area contributed by atoms with Crippen molar-refractivity contribution in [3.8, 4) is 5.75 Å². The standard InChI is InChI=1S/C22H24F6N4O2/c1-30-7-9-31(10-8-30)19(17-5-3-4-6-18(17)34-2)20(33)32(29)16-12-14(21(23,24)25)11-15(13-16)22(26,27)28/h3-6,11-13,19H,7-10,29H2,1-2H3. The molecule has 1 saturated heterocycles. The molecule has 1 fully saturated rings. The van der Waals surface area contributed by atoms with Gasteiger partial charge >= 0.3 is 12.4 Å². The summed E-state index contributed by atoms with van der Waals surface area (Å²) in [6.45, 7) is 2.06. The fraction of sp³-hybridized carbons (Fsp3) is 0.409. The van der Waals surface area contributed by atoms with Gasteiger partial charge < -0.3 is 9.64 Å². The van der Waals surface area contributed by atoms with Gasteiger partial charge in [-0.1, -0.05) is 18.2 Å². The number of nitrogens with two attached hydrogens (primary N) is 1. The highest BCUT2D eigenvalue weighted by atomic mass is 19.4. The van der Waals surface area contributed by atoms with E-state index in [2.05, 4.69) is 0 Å². The molecular weight excluding hydrogens is 466 g/mol. The molecule has 186 valence electrons. The lowest BCUT2D eigenvalue weighted by molar-refractivity contribution is -0.143. The minimum atomic E-state index is -5.07. The highest BCUT2D eigenvalue weighted by Crippen LogP contribution is 2.39. The van der Waals surface area contributed by atoms with Crippen LogP contribution in [0.3, 0.4) is 0 Å². The molecule has 0 aromatic heterocycles. The molecule has 1 amide bonds. The first kappa shape index (κ1) is 25.8. The Labute approximate surface area is 192 Å². The number of ether oxygens (including phenoxy) is 1. The van der Waals surface area contributed by atoms with E-state index in [0.29, 0.717) is 54.6 Å². The first-order chi connectivity index (χ1) is 15.8. The van der Waals surface area contributed by atoms with Gasteiger partial charge in [0, 0.05) is 31.7 Å². The van der Waals surface area contributed by atoms with Crippen LogP contribution in [0.5, 0.6) is 5.75 Å². The molecule has 0 spiro atoms. The third kappa shape index (κ3) is 5.62. The Balaban J connectivity index is 2.07. The van der Waals surface area contributed by atoms with Gasteiger partial charge in [0.1, 0.15) is 11.8 Å². The summed E-state index contributed by atoms with van der Waals surface area (Å²) >= 11 is 0. The number of rotatable bonds is 5. The number of likely N-dealkylation sites (N-methyl/N-ethyl adjacent to an activating group) is 1. The number of anilines is 1. The van der Waals surface area contributed by atoms with Crippen LogP contribution in [0.1, 0.15) is 22.7 Å². The van der Waals surface area contributed by atoms with Gasteiger partial charge in [0.2, 0.25) is 0 Å². The number of carbonyl (C=O) groups excluding carboxylic acids is 1. The van der Waals surface area contributed by atoms with Crippen molar-refractivity contribution in [3.63, 3.8) is 0 Å². The minimum absolute atomic E-state index is 0.0139. The molecule has 1 unspecified atom stereocenters. The molecule has 12 heteroatoms. The summed E-state index contributed by atoms with van der Waals surface area (Å²) in [5, 5.41) is 0.347. The van der Waals surface area contributed by atoms with Crippen LogP contribution in [0.2, 0.25) is 0 Å². The molecule has 2 aromatic rings. The minimum Gasteiger partial charge on any atom is -0.496 e. The molecule has 3 rings (SSSR count). The summed E-state index contributed by atoms with van der Waals surface area (Å²) in [6.07, 6.45) is -10.1. The van der Waals surface area contributed by atoms with Crippen LogP contribution in [0.25, 0.3) is 0 Å². The van der Waals surface area contributed by atoms with Crippen LogP contribution in [-0.2, 0) is 17.1 Å². The fourth-order valence-electron chi connectivity index (χ4n) is 3.79. The monoisotopic (exact) mass is 490 g/mol. The zero-order chi connectivity index (χ0) is 25.3. The van der Waals surface area contributed by atoms with Crippen molar-refractivity contribution in [1.29, 1.82) is 0 Å². The lowest BCUT2D eigenvalue weighted by atomic mass is 10.0. The Morgan fingerprint density at radius 1 is 0.971 bits per heavy atom. The zero-order valence-corrected chi connectivity index (χ0v) is 18.5. The highest BCUT2D eigenvalue weighted by Gasteiger charge is 2.39. The van der Waals surface area contributed by atoms with E-state index in [9.17, 15) is 31.1 Å². The van der Waals surface area contributed by atoms with Crippen LogP contribution >= 0.6 is 0 Å². The van der Waals surface area contributed by atoms with Gasteiger partial charge in [-0.25, -0.2) is 10.9 Å². The van der Waals surface area contributed by atoms with Gasteiger partial charge in [0.15, 0.2) is 0 Å². The number of hydrazine groups is 1. The van der Waals surface area contributed by atoms with E-state index in [1.54, 1.807) is 29.2 Å². The van der Waals surface area contributed by atoms with E-state index < -0.39 is 41.1 Å². The number of alkyl halides is 6. The predicted octanol–water partition coefficient (Wildman–Crippen LogP) is 3.93. The number of para-hydroxylation sites is 1. The predicted molar refractivity (Wildman–Crippen MR) is 113 cm³/mol. The van der Waals surface area contributed by atoms with E-state index in [1.807, 2.05) is 11.9 Å². The molecule has 1 atom stereocenters. The SMILES string of the molecule is COc1ccccc1C(C(=O)N(N)c1cc(C(F)(F)F)cc(C(F)(F)F)c1)N1CCN(C)CC1. The maximum absolute atomic E-state index is 13.5. The Hall–Kier alpha value is -2.83. The Bertz CT molecular complexity index is 987. The number of hydrogen-bond acceptors (Lipinski definition) is 5. The topological polar surface area (TPSA) is 62.0 Å². The highest BCUT2D eigenvalue weighted by molar-refractivity contribution is 5.97. The van der Waals surface area contributed by atoms with Gasteiger partial charge in [-0.15, -0.1) is 0 Å². The van der Waals surface area contributed by atoms with Gasteiger partial charge in [0.25, 0.3) is 5.91 Å². The Morgan fingerprint density at radius 3 is 2.00 bits per heavy atom. The number of benzene rings is 2. The van der Waals surface area contributed by atoms with Crippen molar-refractivity contribution in [1.82, 2.24) is 9.80 Å². The first-order valence-corrected chi connectivity index (χ1v) is 10.3. The fourth-order valence-corrected chi connectivity index (χ4v) is 3.79. The molecule has 0 bridgehead atoms. The van der Waals surface area contributed by atoms with Crippen LogP contribution in [-0.4, -0.2) is 56.0 Å². The van der Waals surface area contributed by atoms with E-state index in [0.717, 1.165) is 0 Å². The smallest absolute Gasteiger partial charge is 0.416 e. The normalized spacial score (nSPS) is 16.9. The zero-order valence-electron chi connectivity index (χ0n) is 18.5. The second-order valence-electron chi connectivity index (χ2n) is 7.96. The molecule has 2 aromatic carbocycles. The Morgan fingerprint density at radius 2 is 1.50 bits per heavy atom. The largest absolute Gasteiger partial charge is 0.496 e. The molecule has 0 saturated carbocycles. The number of nitrogens with zero attached hydrogens (tertiary/aromatic N) is 3. The van der Waals surface area contributed by atoms with Crippen LogP contribution in [0, 0.1) is 0 Å². The summed E-state index contributed by atoms with van der Waals surface area (Å²) in [4.78, 5) is 17.3. The van der Waals surface area contributed by atoms with Crippen molar-refractivity contribution in [3.05, 3.63) is 59.2 Å². The molecule has 0 radical (unpaired) electrons. The quantitative estimate of drug-likeness (QED) is 0.298. The van der Waals surface area contributed by atoms with Gasteiger partial charge in [-0.2, -0.15) is 26.3 Å². The third-order valence-corrected chi connectivity index (χ3v) is 5.66. The number of methoxy groups -OCH3 is 1. The summed E-state index contributed by atoms with van der Waals surface area (Å²) in [5.74, 6) is 5.35. The van der Waals surface area contributed by atoms with Crippen molar-refractivity contribution in [2.75, 3.05) is 45.3 Å². The van der Waals surface area contributed by atoms with Crippen LogP contribution < -0.4 is 15.6 Å². The molecular formula is C22H24F6N4O2. The van der Waals surface area contributed by atoms with Crippen LogP contribution in [0.15, 0.2) is 42.5 Å². The lowest BCUT2D eigenvalue weighted by Gasteiger charge is -2.39. The number of hydrogen-bond donors (Lipinski definition) is 1.